The number of nitrogens with one attached hydrogen (secondary N) is 1. The van der Waals surface area contributed by atoms with Crippen molar-refractivity contribution in [2.45, 2.75) is 44.4 Å². The molecule has 1 amide bonds. The number of amides is 1. The highest BCUT2D eigenvalue weighted by molar-refractivity contribution is 6.30. The maximum atomic E-state index is 11.3. The first-order valence-electron chi connectivity index (χ1n) is 5.56. The summed E-state index contributed by atoms with van der Waals surface area (Å²) in [6, 6.07) is 0. The number of carbonyl (C=O) groups is 1. The van der Waals surface area contributed by atoms with E-state index >= 15 is 0 Å². The molecule has 2 fully saturated rings. The molecule has 0 aromatic carbocycles. The number of hydrogen-bond donors (Lipinski definition) is 1. The van der Waals surface area contributed by atoms with Crippen LogP contribution in [0.2, 0.25) is 0 Å². The molecule has 0 aromatic heterocycles. The minimum absolute atomic E-state index is 0.0152. The van der Waals surface area contributed by atoms with Crippen molar-refractivity contribution in [1.82, 2.24) is 5.32 Å². The van der Waals surface area contributed by atoms with Crippen molar-refractivity contribution in [1.29, 1.82) is 0 Å². The van der Waals surface area contributed by atoms with Gasteiger partial charge in [0.15, 0.2) is 0 Å². The second-order valence-electron chi connectivity index (χ2n) is 4.82. The standard InChI is InChI=1S/C11H18ClNO/c1-8(12)10(14)13-7-11(5-2-6-11)9-3-4-9/h8-9H,2-7H2,1H3,(H,13,14). The SMILES string of the molecule is CC(Cl)C(=O)NCC1(C2CC2)CCC1. The highest BCUT2D eigenvalue weighted by Crippen LogP contribution is 2.56. The van der Waals surface area contributed by atoms with Gasteiger partial charge in [-0.3, -0.25) is 4.79 Å². The minimum Gasteiger partial charge on any atom is -0.354 e. The zero-order valence-electron chi connectivity index (χ0n) is 8.68. The van der Waals surface area contributed by atoms with E-state index in [2.05, 4.69) is 5.32 Å². The first kappa shape index (κ1) is 10.3. The molecule has 0 bridgehead atoms. The second-order valence-corrected chi connectivity index (χ2v) is 5.48. The van der Waals surface area contributed by atoms with E-state index in [-0.39, 0.29) is 5.91 Å². The first-order valence-corrected chi connectivity index (χ1v) is 5.99. The van der Waals surface area contributed by atoms with Crippen LogP contribution in [0.25, 0.3) is 0 Å². The van der Waals surface area contributed by atoms with Gasteiger partial charge in [0.2, 0.25) is 5.91 Å². The zero-order chi connectivity index (χ0) is 10.2. The van der Waals surface area contributed by atoms with E-state index in [9.17, 15) is 4.79 Å². The van der Waals surface area contributed by atoms with Crippen LogP contribution in [0.5, 0.6) is 0 Å². The van der Waals surface area contributed by atoms with Crippen LogP contribution in [0.15, 0.2) is 0 Å². The lowest BCUT2D eigenvalue weighted by molar-refractivity contribution is -0.121. The van der Waals surface area contributed by atoms with Gasteiger partial charge in [-0.25, -0.2) is 0 Å². The van der Waals surface area contributed by atoms with Crippen LogP contribution >= 0.6 is 11.6 Å². The van der Waals surface area contributed by atoms with Gasteiger partial charge in [-0.2, -0.15) is 0 Å². The van der Waals surface area contributed by atoms with Crippen molar-refractivity contribution >= 4 is 17.5 Å². The van der Waals surface area contributed by atoms with Crippen LogP contribution in [-0.2, 0) is 4.79 Å². The molecule has 80 valence electrons. The smallest absolute Gasteiger partial charge is 0.237 e. The average molecular weight is 216 g/mol. The Labute approximate surface area is 90.4 Å². The topological polar surface area (TPSA) is 29.1 Å². The van der Waals surface area contributed by atoms with Crippen LogP contribution in [0, 0.1) is 11.3 Å². The second kappa shape index (κ2) is 3.73. The molecule has 0 heterocycles. The molecular weight excluding hydrogens is 198 g/mol. The maximum Gasteiger partial charge on any atom is 0.237 e. The van der Waals surface area contributed by atoms with Gasteiger partial charge in [-0.15, -0.1) is 11.6 Å². The summed E-state index contributed by atoms with van der Waals surface area (Å²) >= 11 is 5.70. The van der Waals surface area contributed by atoms with E-state index in [4.69, 9.17) is 11.6 Å². The largest absolute Gasteiger partial charge is 0.354 e. The molecule has 2 aliphatic rings. The van der Waals surface area contributed by atoms with Crippen molar-refractivity contribution in [3.63, 3.8) is 0 Å². The fourth-order valence-corrected chi connectivity index (χ4v) is 2.54. The van der Waals surface area contributed by atoms with Crippen LogP contribution in [-0.4, -0.2) is 17.8 Å². The molecule has 1 unspecified atom stereocenters. The van der Waals surface area contributed by atoms with Crippen molar-refractivity contribution in [2.24, 2.45) is 11.3 Å². The number of hydrogen-bond acceptors (Lipinski definition) is 1. The third kappa shape index (κ3) is 1.90. The van der Waals surface area contributed by atoms with Crippen LogP contribution in [0.1, 0.15) is 39.0 Å². The Morgan fingerprint density at radius 1 is 1.57 bits per heavy atom. The summed E-state index contributed by atoms with van der Waals surface area (Å²) in [6.45, 7) is 2.58. The zero-order valence-corrected chi connectivity index (χ0v) is 9.44. The Kier molecular flexibility index (Phi) is 2.74. The Morgan fingerprint density at radius 3 is 2.57 bits per heavy atom. The summed E-state index contributed by atoms with van der Waals surface area (Å²) < 4.78 is 0. The molecule has 2 aliphatic carbocycles. The number of carbonyl (C=O) groups excluding carboxylic acids is 1. The highest BCUT2D eigenvalue weighted by atomic mass is 35.5. The van der Waals surface area contributed by atoms with E-state index < -0.39 is 5.38 Å². The fourth-order valence-electron chi connectivity index (χ4n) is 2.46. The van der Waals surface area contributed by atoms with Crippen molar-refractivity contribution in [2.75, 3.05) is 6.54 Å². The predicted molar refractivity (Wildman–Crippen MR) is 57.3 cm³/mol. The van der Waals surface area contributed by atoms with Crippen molar-refractivity contribution in [3.8, 4) is 0 Å². The Balaban J connectivity index is 1.81. The van der Waals surface area contributed by atoms with Gasteiger partial charge in [0.05, 0.1) is 0 Å². The molecule has 3 heteroatoms. The van der Waals surface area contributed by atoms with Gasteiger partial charge in [-0.1, -0.05) is 6.42 Å². The highest BCUT2D eigenvalue weighted by Gasteiger charge is 2.48. The van der Waals surface area contributed by atoms with Gasteiger partial charge < -0.3 is 5.32 Å². The van der Waals surface area contributed by atoms with E-state index in [0.717, 1.165) is 12.5 Å². The molecule has 1 atom stereocenters. The van der Waals surface area contributed by atoms with E-state index in [1.54, 1.807) is 6.92 Å². The van der Waals surface area contributed by atoms with Crippen molar-refractivity contribution in [3.05, 3.63) is 0 Å². The molecule has 2 nitrogen and oxygen atoms in total. The molecule has 0 spiro atoms. The summed E-state index contributed by atoms with van der Waals surface area (Å²) in [4.78, 5) is 11.3. The molecule has 14 heavy (non-hydrogen) atoms. The van der Waals surface area contributed by atoms with Crippen molar-refractivity contribution < 1.29 is 4.79 Å². The van der Waals surface area contributed by atoms with E-state index in [1.807, 2.05) is 0 Å². The van der Waals surface area contributed by atoms with Gasteiger partial charge in [-0.05, 0) is 43.9 Å². The predicted octanol–water partition coefficient (Wildman–Crippen LogP) is 2.31. The quantitative estimate of drug-likeness (QED) is 0.717. The Hall–Kier alpha value is -0.240. The molecular formula is C11H18ClNO. The monoisotopic (exact) mass is 215 g/mol. The third-order valence-corrected chi connectivity index (χ3v) is 3.97. The molecule has 2 saturated carbocycles. The minimum atomic E-state index is -0.397. The Bertz CT molecular complexity index is 231. The summed E-state index contributed by atoms with van der Waals surface area (Å²) in [6.07, 6.45) is 6.67. The molecule has 0 radical (unpaired) electrons. The lowest BCUT2D eigenvalue weighted by atomic mass is 9.65. The third-order valence-electron chi connectivity index (χ3n) is 3.77. The van der Waals surface area contributed by atoms with Gasteiger partial charge in [0, 0.05) is 6.54 Å². The lowest BCUT2D eigenvalue weighted by Gasteiger charge is -2.42. The Morgan fingerprint density at radius 2 is 2.21 bits per heavy atom. The van der Waals surface area contributed by atoms with Crippen LogP contribution < -0.4 is 5.32 Å². The van der Waals surface area contributed by atoms with E-state index in [0.29, 0.717) is 5.41 Å². The van der Waals surface area contributed by atoms with Crippen LogP contribution in [0.4, 0.5) is 0 Å². The normalized spacial score (nSPS) is 26.4. The maximum absolute atomic E-state index is 11.3. The van der Waals surface area contributed by atoms with Gasteiger partial charge >= 0.3 is 0 Å². The first-order chi connectivity index (χ1) is 6.64. The molecule has 0 aliphatic heterocycles. The molecule has 0 aromatic rings. The summed E-state index contributed by atoms with van der Waals surface area (Å²) in [5.74, 6) is 0.876. The number of rotatable bonds is 4. The lowest BCUT2D eigenvalue weighted by Crippen LogP contribution is -2.45. The number of alkyl halides is 1. The molecule has 0 saturated heterocycles. The summed E-state index contributed by atoms with van der Waals surface area (Å²) in [7, 11) is 0. The van der Waals surface area contributed by atoms with Gasteiger partial charge in [0.25, 0.3) is 0 Å². The number of halogens is 1. The van der Waals surface area contributed by atoms with Crippen LogP contribution in [0.3, 0.4) is 0 Å². The molecule has 2 rings (SSSR count). The van der Waals surface area contributed by atoms with E-state index in [1.165, 1.54) is 32.1 Å². The summed E-state index contributed by atoms with van der Waals surface area (Å²) in [5.41, 5.74) is 0.460. The average Bonchev–Trinajstić information content (AvgIpc) is 2.85. The molecule has 1 N–H and O–H groups in total. The summed E-state index contributed by atoms with van der Waals surface area (Å²) in [5, 5.41) is 2.58. The fraction of sp³-hybridized carbons (Fsp3) is 0.909. The van der Waals surface area contributed by atoms with Gasteiger partial charge in [0.1, 0.15) is 5.38 Å².